The van der Waals surface area contributed by atoms with E-state index in [2.05, 4.69) is 25.1 Å². The van der Waals surface area contributed by atoms with Gasteiger partial charge in [0.2, 0.25) is 11.7 Å². The Kier molecular flexibility index (Phi) is 5.14. The first-order chi connectivity index (χ1) is 17.1. The van der Waals surface area contributed by atoms with E-state index in [4.69, 9.17) is 4.52 Å². The summed E-state index contributed by atoms with van der Waals surface area (Å²) in [6, 6.07) is 16.8. The van der Waals surface area contributed by atoms with Crippen molar-refractivity contribution in [3.05, 3.63) is 82.6 Å². The quantitative estimate of drug-likeness (QED) is 0.431. The van der Waals surface area contributed by atoms with Crippen molar-refractivity contribution in [2.45, 2.75) is 13.0 Å². The predicted octanol–water partition coefficient (Wildman–Crippen LogP) is 2.74. The fourth-order valence-electron chi connectivity index (χ4n) is 4.58. The average molecular weight is 470 g/mol. The van der Waals surface area contributed by atoms with Crippen molar-refractivity contribution < 1.29 is 9.32 Å². The molecule has 1 unspecified atom stereocenters. The minimum Gasteiger partial charge on any atom is -0.337 e. The standard InChI is InChI=1S/C25H23N7O3/c1-16(24-27-21(29-35-24)17-7-3-2-4-8-17)30-11-13-31(14-12-30)25(34)19-15-26-32-20-10-6-5-9-18(20)23(33)28-22(19)32/h2-10,15-16H,11-14H2,1H3,(H,28,33). The SMILES string of the molecule is CC(c1nc(-c2ccccc2)no1)N1CCN(C(=O)c2cnn3c2[nH]c(=O)c2ccccc23)CC1. The van der Waals surface area contributed by atoms with Crippen molar-refractivity contribution in [3.63, 3.8) is 0 Å². The number of aromatic nitrogens is 5. The van der Waals surface area contributed by atoms with Gasteiger partial charge in [0.15, 0.2) is 0 Å². The first-order valence-electron chi connectivity index (χ1n) is 11.5. The van der Waals surface area contributed by atoms with Crippen LogP contribution in [-0.2, 0) is 0 Å². The van der Waals surface area contributed by atoms with Gasteiger partial charge in [-0.1, -0.05) is 47.6 Å². The van der Waals surface area contributed by atoms with E-state index in [1.807, 2.05) is 49.4 Å². The molecule has 1 aliphatic rings. The molecule has 10 heteroatoms. The predicted molar refractivity (Wildman–Crippen MR) is 129 cm³/mol. The first kappa shape index (κ1) is 21.2. The minimum absolute atomic E-state index is 0.0723. The van der Waals surface area contributed by atoms with Crippen LogP contribution in [0, 0.1) is 0 Å². The lowest BCUT2D eigenvalue weighted by Gasteiger charge is -2.36. The molecule has 1 saturated heterocycles. The van der Waals surface area contributed by atoms with Crippen LogP contribution < -0.4 is 5.56 Å². The van der Waals surface area contributed by atoms with Crippen molar-refractivity contribution in [3.8, 4) is 11.4 Å². The molecule has 3 aromatic heterocycles. The third-order valence-electron chi connectivity index (χ3n) is 6.59. The molecular weight excluding hydrogens is 446 g/mol. The summed E-state index contributed by atoms with van der Waals surface area (Å²) in [6.07, 6.45) is 1.53. The molecule has 1 fully saturated rings. The lowest BCUT2D eigenvalue weighted by molar-refractivity contribution is 0.0553. The van der Waals surface area contributed by atoms with Crippen LogP contribution in [0.25, 0.3) is 27.9 Å². The zero-order valence-electron chi connectivity index (χ0n) is 19.1. The maximum absolute atomic E-state index is 13.3. The summed E-state index contributed by atoms with van der Waals surface area (Å²) >= 11 is 0. The number of benzene rings is 2. The maximum Gasteiger partial charge on any atom is 0.259 e. The molecule has 2 aromatic carbocycles. The number of nitrogens with zero attached hydrogens (tertiary/aromatic N) is 6. The number of para-hydroxylation sites is 1. The van der Waals surface area contributed by atoms with Crippen molar-refractivity contribution in [2.24, 2.45) is 0 Å². The largest absolute Gasteiger partial charge is 0.337 e. The molecule has 1 amide bonds. The van der Waals surface area contributed by atoms with Gasteiger partial charge in [-0.05, 0) is 19.1 Å². The molecule has 1 N–H and O–H groups in total. The summed E-state index contributed by atoms with van der Waals surface area (Å²) in [5.74, 6) is 0.967. The van der Waals surface area contributed by atoms with Crippen molar-refractivity contribution >= 4 is 22.5 Å². The zero-order valence-corrected chi connectivity index (χ0v) is 19.1. The zero-order chi connectivity index (χ0) is 23.9. The van der Waals surface area contributed by atoms with Crippen LogP contribution >= 0.6 is 0 Å². The Hall–Kier alpha value is -4.31. The number of hydrogen-bond donors (Lipinski definition) is 1. The van der Waals surface area contributed by atoms with E-state index in [1.54, 1.807) is 21.5 Å². The van der Waals surface area contributed by atoms with E-state index in [1.165, 1.54) is 6.20 Å². The van der Waals surface area contributed by atoms with Crippen LogP contribution in [0.3, 0.4) is 0 Å². The molecular formula is C25H23N7O3. The number of piperazine rings is 1. The van der Waals surface area contributed by atoms with Gasteiger partial charge < -0.3 is 14.4 Å². The summed E-state index contributed by atoms with van der Waals surface area (Å²) in [6.45, 7) is 4.43. The number of hydrogen-bond acceptors (Lipinski definition) is 7. The summed E-state index contributed by atoms with van der Waals surface area (Å²) in [5.41, 5.74) is 2.13. The van der Waals surface area contributed by atoms with E-state index < -0.39 is 0 Å². The molecule has 1 aliphatic heterocycles. The summed E-state index contributed by atoms with van der Waals surface area (Å²) in [4.78, 5) is 37.3. The summed E-state index contributed by atoms with van der Waals surface area (Å²) in [5, 5.41) is 9.03. The Morgan fingerprint density at radius 2 is 1.77 bits per heavy atom. The van der Waals surface area contributed by atoms with Crippen molar-refractivity contribution in [1.82, 2.24) is 34.5 Å². The van der Waals surface area contributed by atoms with Crippen molar-refractivity contribution in [1.29, 1.82) is 0 Å². The Balaban J connectivity index is 1.17. The van der Waals surface area contributed by atoms with Gasteiger partial charge in [-0.25, -0.2) is 4.52 Å². The number of rotatable bonds is 4. The second-order valence-electron chi connectivity index (χ2n) is 8.62. The molecule has 4 heterocycles. The van der Waals surface area contributed by atoms with Gasteiger partial charge in [0.1, 0.15) is 11.2 Å². The van der Waals surface area contributed by atoms with Gasteiger partial charge in [0.25, 0.3) is 11.5 Å². The molecule has 0 radical (unpaired) electrons. The number of carbonyl (C=O) groups is 1. The second-order valence-corrected chi connectivity index (χ2v) is 8.62. The third kappa shape index (κ3) is 3.68. The van der Waals surface area contributed by atoms with Gasteiger partial charge in [-0.15, -0.1) is 0 Å². The van der Waals surface area contributed by atoms with E-state index in [9.17, 15) is 9.59 Å². The van der Waals surface area contributed by atoms with E-state index in [-0.39, 0.29) is 17.5 Å². The number of H-pyrrole nitrogens is 1. The molecule has 0 bridgehead atoms. The fraction of sp³-hybridized carbons (Fsp3) is 0.240. The highest BCUT2D eigenvalue weighted by Crippen LogP contribution is 2.24. The Morgan fingerprint density at radius 1 is 1.03 bits per heavy atom. The Labute approximate surface area is 199 Å². The topological polar surface area (TPSA) is 113 Å². The molecule has 1 atom stereocenters. The first-order valence-corrected chi connectivity index (χ1v) is 11.5. The molecule has 176 valence electrons. The molecule has 6 rings (SSSR count). The Bertz CT molecular complexity index is 1580. The monoisotopic (exact) mass is 469 g/mol. The van der Waals surface area contributed by atoms with E-state index in [0.717, 1.165) is 5.56 Å². The molecule has 0 aliphatic carbocycles. The van der Waals surface area contributed by atoms with Crippen LogP contribution in [0.4, 0.5) is 0 Å². The van der Waals surface area contributed by atoms with E-state index in [0.29, 0.717) is 60.0 Å². The molecule has 10 nitrogen and oxygen atoms in total. The van der Waals surface area contributed by atoms with Crippen LogP contribution in [-0.4, -0.2) is 66.6 Å². The average Bonchev–Trinajstić information content (AvgIpc) is 3.57. The molecule has 5 aromatic rings. The summed E-state index contributed by atoms with van der Waals surface area (Å²) in [7, 11) is 0. The lowest BCUT2D eigenvalue weighted by atomic mass is 10.2. The lowest BCUT2D eigenvalue weighted by Crippen LogP contribution is -2.49. The maximum atomic E-state index is 13.3. The van der Waals surface area contributed by atoms with Gasteiger partial charge in [0, 0.05) is 31.7 Å². The van der Waals surface area contributed by atoms with Crippen LogP contribution in [0.15, 0.2) is 70.1 Å². The molecule has 0 saturated carbocycles. The van der Waals surface area contributed by atoms with Crippen LogP contribution in [0.5, 0.6) is 0 Å². The highest BCUT2D eigenvalue weighted by atomic mass is 16.5. The van der Waals surface area contributed by atoms with Crippen LogP contribution in [0.2, 0.25) is 0 Å². The third-order valence-corrected chi connectivity index (χ3v) is 6.59. The highest BCUT2D eigenvalue weighted by Gasteiger charge is 2.29. The second kappa shape index (κ2) is 8.48. The number of carbonyl (C=O) groups excluding carboxylic acids is 1. The number of aromatic amines is 1. The number of amides is 1. The Morgan fingerprint density at radius 3 is 2.57 bits per heavy atom. The van der Waals surface area contributed by atoms with Gasteiger partial charge in [-0.2, -0.15) is 10.1 Å². The van der Waals surface area contributed by atoms with E-state index >= 15 is 0 Å². The summed E-state index contributed by atoms with van der Waals surface area (Å²) < 4.78 is 7.15. The van der Waals surface area contributed by atoms with Gasteiger partial charge >= 0.3 is 0 Å². The van der Waals surface area contributed by atoms with Crippen molar-refractivity contribution in [2.75, 3.05) is 26.2 Å². The normalized spacial score (nSPS) is 15.6. The fourth-order valence-corrected chi connectivity index (χ4v) is 4.58. The van der Waals surface area contributed by atoms with Gasteiger partial charge in [0.05, 0.1) is 23.1 Å². The minimum atomic E-state index is -0.240. The number of fused-ring (bicyclic) bond motifs is 3. The molecule has 0 spiro atoms. The van der Waals surface area contributed by atoms with Gasteiger partial charge in [-0.3, -0.25) is 14.5 Å². The smallest absolute Gasteiger partial charge is 0.259 e. The highest BCUT2D eigenvalue weighted by molar-refractivity contribution is 6.00. The van der Waals surface area contributed by atoms with Crippen LogP contribution in [0.1, 0.15) is 29.2 Å². The number of nitrogens with one attached hydrogen (secondary N) is 1. The molecule has 35 heavy (non-hydrogen) atoms.